The molecule has 0 aliphatic heterocycles. The summed E-state index contributed by atoms with van der Waals surface area (Å²) in [5.74, 6) is 0.0198. The summed E-state index contributed by atoms with van der Waals surface area (Å²) in [7, 11) is 0. The summed E-state index contributed by atoms with van der Waals surface area (Å²) in [5.41, 5.74) is 0.548. The number of amides is 1. The van der Waals surface area contributed by atoms with Crippen LogP contribution in [0.25, 0.3) is 21.5 Å². The second-order valence-electron chi connectivity index (χ2n) is 5.00. The summed E-state index contributed by atoms with van der Waals surface area (Å²) in [5, 5.41) is 12.3. The molecule has 7 heteroatoms. The van der Waals surface area contributed by atoms with Crippen LogP contribution in [0, 0.1) is 0 Å². The lowest BCUT2D eigenvalue weighted by molar-refractivity contribution is 0.102. The second-order valence-corrected chi connectivity index (χ2v) is 6.71. The van der Waals surface area contributed by atoms with Crippen LogP contribution in [0.4, 0.5) is 6.01 Å². The minimum atomic E-state index is -0.300. The van der Waals surface area contributed by atoms with Gasteiger partial charge in [-0.1, -0.05) is 53.1 Å². The first kappa shape index (κ1) is 14.9. The highest BCUT2D eigenvalue weighted by Crippen LogP contribution is 2.30. The molecule has 0 atom stereocenters. The fourth-order valence-corrected chi connectivity index (χ4v) is 3.35. The molecule has 0 saturated carbocycles. The molecular formula is C17H10ClN3O2S. The van der Waals surface area contributed by atoms with Gasteiger partial charge >= 0.3 is 6.01 Å². The number of anilines is 1. The molecule has 1 amide bonds. The monoisotopic (exact) mass is 355 g/mol. The number of hydrogen-bond donors (Lipinski definition) is 1. The molecule has 1 N–H and O–H groups in total. The number of fused-ring (bicyclic) bond motifs is 1. The van der Waals surface area contributed by atoms with Gasteiger partial charge in [0, 0.05) is 5.56 Å². The van der Waals surface area contributed by atoms with Crippen molar-refractivity contribution in [1.29, 1.82) is 0 Å². The maximum absolute atomic E-state index is 12.5. The number of nitrogens with one attached hydrogen (secondary N) is 1. The maximum atomic E-state index is 12.5. The SMILES string of the molecule is O=C(Nc1nnc(-c2ccc(Cl)s2)o1)c1cccc2ccccc12. The van der Waals surface area contributed by atoms with Gasteiger partial charge in [-0.3, -0.25) is 10.1 Å². The van der Waals surface area contributed by atoms with Crippen molar-refractivity contribution >= 4 is 45.6 Å². The minimum Gasteiger partial charge on any atom is -0.402 e. The fourth-order valence-electron chi connectivity index (χ4n) is 2.39. The Bertz CT molecular complexity index is 1040. The van der Waals surface area contributed by atoms with Gasteiger partial charge in [0.05, 0.1) is 9.21 Å². The van der Waals surface area contributed by atoms with Gasteiger partial charge in [-0.2, -0.15) is 0 Å². The molecule has 0 radical (unpaired) electrons. The third-order valence-electron chi connectivity index (χ3n) is 3.46. The smallest absolute Gasteiger partial charge is 0.322 e. The largest absolute Gasteiger partial charge is 0.402 e. The zero-order valence-corrected chi connectivity index (χ0v) is 13.8. The van der Waals surface area contributed by atoms with Gasteiger partial charge in [-0.05, 0) is 29.0 Å². The van der Waals surface area contributed by atoms with E-state index in [9.17, 15) is 4.79 Å². The van der Waals surface area contributed by atoms with E-state index < -0.39 is 0 Å². The molecule has 5 nitrogen and oxygen atoms in total. The summed E-state index contributed by atoms with van der Waals surface area (Å²) in [4.78, 5) is 13.3. The van der Waals surface area contributed by atoms with Gasteiger partial charge in [-0.25, -0.2) is 0 Å². The quantitative estimate of drug-likeness (QED) is 0.570. The number of carbonyl (C=O) groups is 1. The molecule has 0 fully saturated rings. The highest BCUT2D eigenvalue weighted by atomic mass is 35.5. The normalized spacial score (nSPS) is 10.9. The Kier molecular flexibility index (Phi) is 3.76. The predicted molar refractivity (Wildman–Crippen MR) is 94.5 cm³/mol. The topological polar surface area (TPSA) is 68.0 Å². The number of carbonyl (C=O) groups excluding carboxylic acids is 1. The van der Waals surface area contributed by atoms with Crippen molar-refractivity contribution in [2.75, 3.05) is 5.32 Å². The standard InChI is InChI=1S/C17H10ClN3O2S/c18-14-9-8-13(24-14)16-20-21-17(23-16)19-15(22)12-7-3-5-10-4-1-2-6-11(10)12/h1-9H,(H,19,21,22). The maximum Gasteiger partial charge on any atom is 0.322 e. The third-order valence-corrected chi connectivity index (χ3v) is 4.68. The van der Waals surface area contributed by atoms with Crippen LogP contribution in [0.5, 0.6) is 0 Å². The zero-order valence-electron chi connectivity index (χ0n) is 12.2. The molecule has 0 aliphatic carbocycles. The molecule has 4 rings (SSSR count). The van der Waals surface area contributed by atoms with Gasteiger partial charge in [0.1, 0.15) is 0 Å². The summed E-state index contributed by atoms with van der Waals surface area (Å²) in [6.45, 7) is 0. The Balaban J connectivity index is 1.61. The molecule has 2 aromatic carbocycles. The van der Waals surface area contributed by atoms with Gasteiger partial charge in [0.15, 0.2) is 0 Å². The van der Waals surface area contributed by atoms with E-state index in [1.54, 1.807) is 18.2 Å². The van der Waals surface area contributed by atoms with Gasteiger partial charge in [0.2, 0.25) is 0 Å². The first-order valence-corrected chi connectivity index (χ1v) is 8.28. The molecule has 2 aromatic heterocycles. The molecule has 118 valence electrons. The van der Waals surface area contributed by atoms with Crippen LogP contribution in [0.15, 0.2) is 59.0 Å². The molecule has 0 unspecified atom stereocenters. The van der Waals surface area contributed by atoms with Crippen molar-refractivity contribution in [2.45, 2.75) is 0 Å². The van der Waals surface area contributed by atoms with Crippen LogP contribution >= 0.6 is 22.9 Å². The molecule has 0 aliphatic rings. The van der Waals surface area contributed by atoms with Crippen LogP contribution in [0.1, 0.15) is 10.4 Å². The number of rotatable bonds is 3. The van der Waals surface area contributed by atoms with Crippen LogP contribution in [0.2, 0.25) is 4.34 Å². The molecule has 24 heavy (non-hydrogen) atoms. The molecule has 0 spiro atoms. The van der Waals surface area contributed by atoms with Crippen LogP contribution in [-0.4, -0.2) is 16.1 Å². The van der Waals surface area contributed by atoms with Crippen molar-refractivity contribution in [3.63, 3.8) is 0 Å². The zero-order chi connectivity index (χ0) is 16.5. The number of hydrogen-bond acceptors (Lipinski definition) is 5. The highest BCUT2D eigenvalue weighted by molar-refractivity contribution is 7.19. The Morgan fingerprint density at radius 3 is 2.71 bits per heavy atom. The lowest BCUT2D eigenvalue weighted by atomic mass is 10.0. The van der Waals surface area contributed by atoms with Crippen molar-refractivity contribution < 1.29 is 9.21 Å². The predicted octanol–water partition coefficient (Wildman–Crippen LogP) is 4.86. The van der Waals surface area contributed by atoms with Crippen molar-refractivity contribution in [3.8, 4) is 10.8 Å². The summed E-state index contributed by atoms with van der Waals surface area (Å²) in [6.07, 6.45) is 0. The Morgan fingerprint density at radius 1 is 1.04 bits per heavy atom. The van der Waals surface area contributed by atoms with E-state index in [0.29, 0.717) is 15.8 Å². The lowest BCUT2D eigenvalue weighted by Crippen LogP contribution is -2.12. The Morgan fingerprint density at radius 2 is 1.88 bits per heavy atom. The van der Waals surface area contributed by atoms with E-state index in [1.807, 2.05) is 36.4 Å². The Hall–Kier alpha value is -2.70. The lowest BCUT2D eigenvalue weighted by Gasteiger charge is -2.05. The van der Waals surface area contributed by atoms with E-state index in [1.165, 1.54) is 11.3 Å². The average molecular weight is 356 g/mol. The molecule has 0 bridgehead atoms. The number of nitrogens with zero attached hydrogens (tertiary/aromatic N) is 2. The van der Waals surface area contributed by atoms with Crippen LogP contribution in [-0.2, 0) is 0 Å². The number of aromatic nitrogens is 2. The van der Waals surface area contributed by atoms with Gasteiger partial charge in [0.25, 0.3) is 11.8 Å². The average Bonchev–Trinajstić information content (AvgIpc) is 3.23. The number of benzene rings is 2. The molecule has 2 heterocycles. The van der Waals surface area contributed by atoms with Gasteiger partial charge < -0.3 is 4.42 Å². The molecule has 4 aromatic rings. The minimum absolute atomic E-state index is 0.0486. The Labute approximate surface area is 145 Å². The van der Waals surface area contributed by atoms with Crippen LogP contribution < -0.4 is 5.32 Å². The number of halogens is 1. The first-order chi connectivity index (χ1) is 11.7. The number of thiophene rings is 1. The molecular weight excluding hydrogens is 346 g/mol. The second kappa shape index (κ2) is 6.07. The van der Waals surface area contributed by atoms with E-state index in [4.69, 9.17) is 16.0 Å². The van der Waals surface area contributed by atoms with E-state index in [2.05, 4.69) is 15.5 Å². The fraction of sp³-hybridized carbons (Fsp3) is 0. The van der Waals surface area contributed by atoms with E-state index >= 15 is 0 Å². The first-order valence-electron chi connectivity index (χ1n) is 7.09. The van der Waals surface area contributed by atoms with Crippen molar-refractivity contribution in [1.82, 2.24) is 10.2 Å². The van der Waals surface area contributed by atoms with Crippen molar-refractivity contribution in [2.24, 2.45) is 0 Å². The highest BCUT2D eigenvalue weighted by Gasteiger charge is 2.15. The van der Waals surface area contributed by atoms with E-state index in [-0.39, 0.29) is 11.9 Å². The summed E-state index contributed by atoms with van der Waals surface area (Å²) >= 11 is 7.22. The van der Waals surface area contributed by atoms with Gasteiger partial charge in [-0.15, -0.1) is 16.4 Å². The van der Waals surface area contributed by atoms with E-state index in [0.717, 1.165) is 15.6 Å². The summed E-state index contributed by atoms with van der Waals surface area (Å²) < 4.78 is 6.11. The van der Waals surface area contributed by atoms with Crippen molar-refractivity contribution in [3.05, 3.63) is 64.5 Å². The third kappa shape index (κ3) is 2.77. The molecule has 0 saturated heterocycles. The van der Waals surface area contributed by atoms with Crippen LogP contribution in [0.3, 0.4) is 0 Å². The summed E-state index contributed by atoms with van der Waals surface area (Å²) in [6, 6.07) is 16.8.